The highest BCUT2D eigenvalue weighted by atomic mass is 32.2. The Kier molecular flexibility index (Phi) is 7.64. The Bertz CT molecular complexity index is 922. The van der Waals surface area contributed by atoms with Crippen molar-refractivity contribution in [2.24, 2.45) is 0 Å². The molecule has 1 aliphatic heterocycles. The molecule has 1 atom stereocenters. The summed E-state index contributed by atoms with van der Waals surface area (Å²) < 4.78 is 26.9. The average Bonchev–Trinajstić information content (AvgIpc) is 2.74. The molecule has 1 aliphatic rings. The van der Waals surface area contributed by atoms with Crippen LogP contribution in [0.15, 0.2) is 54.6 Å². The Balaban J connectivity index is 1.46. The lowest BCUT2D eigenvalue weighted by Crippen LogP contribution is -3.15. The highest BCUT2D eigenvalue weighted by Gasteiger charge is 2.30. The molecule has 1 fully saturated rings. The number of nitrogens with zero attached hydrogens (tertiary/aromatic N) is 1. The number of benzene rings is 2. The molecule has 0 spiro atoms. The van der Waals surface area contributed by atoms with Crippen molar-refractivity contribution >= 4 is 15.9 Å². The second-order valence-electron chi connectivity index (χ2n) is 7.95. The average molecular weight is 431 g/mol. The van der Waals surface area contributed by atoms with E-state index in [0.717, 1.165) is 22.4 Å². The number of sulfonamides is 1. The maximum absolute atomic E-state index is 12.7. The first-order valence-corrected chi connectivity index (χ1v) is 12.2. The van der Waals surface area contributed by atoms with Crippen molar-refractivity contribution in [3.8, 4) is 0 Å². The monoisotopic (exact) mass is 430 g/mol. The van der Waals surface area contributed by atoms with E-state index in [-0.39, 0.29) is 17.7 Å². The van der Waals surface area contributed by atoms with Crippen molar-refractivity contribution in [1.82, 2.24) is 9.62 Å². The molecule has 0 saturated carbocycles. The summed E-state index contributed by atoms with van der Waals surface area (Å²) >= 11 is 0. The molecular weight excluding hydrogens is 398 g/mol. The molecule has 3 rings (SSSR count). The van der Waals surface area contributed by atoms with E-state index in [2.05, 4.69) is 36.5 Å². The molecule has 1 amide bonds. The minimum absolute atomic E-state index is 0.00217. The fraction of sp³-hybridized carbons (Fsp3) is 0.435. The summed E-state index contributed by atoms with van der Waals surface area (Å²) in [4.78, 5) is 13.6. The van der Waals surface area contributed by atoms with Gasteiger partial charge in [-0.2, -0.15) is 4.31 Å². The van der Waals surface area contributed by atoms with E-state index >= 15 is 0 Å². The number of nitrogens with one attached hydrogen (secondary N) is 2. The molecule has 2 N–H and O–H groups in total. The number of piperazine rings is 1. The molecule has 1 heterocycles. The molecule has 0 bridgehead atoms. The number of quaternary nitrogens is 1. The predicted molar refractivity (Wildman–Crippen MR) is 119 cm³/mol. The van der Waals surface area contributed by atoms with E-state index in [1.165, 1.54) is 5.56 Å². The Morgan fingerprint density at radius 3 is 2.27 bits per heavy atom. The first-order valence-electron chi connectivity index (χ1n) is 10.6. The van der Waals surface area contributed by atoms with E-state index in [1.807, 2.05) is 37.3 Å². The molecule has 30 heavy (non-hydrogen) atoms. The Hall–Kier alpha value is -2.22. The molecule has 2 aromatic carbocycles. The van der Waals surface area contributed by atoms with Crippen molar-refractivity contribution in [1.29, 1.82) is 0 Å². The summed E-state index contributed by atoms with van der Waals surface area (Å²) in [7, 11) is -3.33. The number of carbonyl (C=O) groups is 1. The number of carbonyl (C=O) groups excluding carboxylic acids is 1. The van der Waals surface area contributed by atoms with Crippen LogP contribution in [0.25, 0.3) is 0 Å². The molecule has 1 saturated heterocycles. The quantitative estimate of drug-likeness (QED) is 0.660. The third-order valence-corrected chi connectivity index (χ3v) is 7.54. The molecule has 2 aromatic rings. The van der Waals surface area contributed by atoms with Crippen molar-refractivity contribution in [2.45, 2.75) is 32.1 Å². The standard InChI is InChI=1S/C23H31N3O3S/c1-3-20-9-11-22(12-10-20)19(2)24-23(27)17-25-13-15-26(16-14-25)30(28,29)18-21-7-5-4-6-8-21/h4-12,19H,3,13-18H2,1-2H3,(H,24,27)/p+1/t19-/m0/s1. The fourth-order valence-corrected chi connectivity index (χ4v) is 5.31. The highest BCUT2D eigenvalue weighted by molar-refractivity contribution is 7.88. The topological polar surface area (TPSA) is 70.9 Å². The lowest BCUT2D eigenvalue weighted by Gasteiger charge is -2.31. The minimum atomic E-state index is -3.33. The van der Waals surface area contributed by atoms with Gasteiger partial charge in [0.1, 0.15) is 0 Å². The number of aryl methyl sites for hydroxylation is 1. The van der Waals surface area contributed by atoms with E-state index in [4.69, 9.17) is 0 Å². The third kappa shape index (κ3) is 6.14. The summed E-state index contributed by atoms with van der Waals surface area (Å²) in [6.45, 7) is 6.65. The first kappa shape index (κ1) is 22.5. The van der Waals surface area contributed by atoms with Crippen LogP contribution in [-0.4, -0.2) is 51.4 Å². The zero-order chi connectivity index (χ0) is 21.6. The van der Waals surface area contributed by atoms with Crippen molar-refractivity contribution in [3.63, 3.8) is 0 Å². The minimum Gasteiger partial charge on any atom is -0.345 e. The van der Waals surface area contributed by atoms with Crippen LogP contribution >= 0.6 is 0 Å². The van der Waals surface area contributed by atoms with E-state index in [1.54, 1.807) is 4.31 Å². The van der Waals surface area contributed by atoms with Crippen LogP contribution in [0.5, 0.6) is 0 Å². The molecule has 0 aromatic heterocycles. The van der Waals surface area contributed by atoms with Crippen LogP contribution < -0.4 is 10.2 Å². The third-order valence-electron chi connectivity index (χ3n) is 5.69. The predicted octanol–water partition coefficient (Wildman–Crippen LogP) is 1.16. The number of hydrogen-bond acceptors (Lipinski definition) is 3. The van der Waals surface area contributed by atoms with Crippen molar-refractivity contribution in [2.75, 3.05) is 32.7 Å². The zero-order valence-corrected chi connectivity index (χ0v) is 18.6. The van der Waals surface area contributed by atoms with Crippen LogP contribution in [0.1, 0.15) is 36.6 Å². The van der Waals surface area contributed by atoms with Gasteiger partial charge in [-0.15, -0.1) is 0 Å². The molecule has 6 nitrogen and oxygen atoms in total. The largest absolute Gasteiger partial charge is 0.345 e. The van der Waals surface area contributed by atoms with Crippen LogP contribution in [0, 0.1) is 0 Å². The molecule has 0 aliphatic carbocycles. The molecule has 0 unspecified atom stereocenters. The van der Waals surface area contributed by atoms with Gasteiger partial charge in [-0.1, -0.05) is 61.5 Å². The van der Waals surface area contributed by atoms with Gasteiger partial charge in [0.05, 0.1) is 38.0 Å². The van der Waals surface area contributed by atoms with Crippen molar-refractivity contribution in [3.05, 3.63) is 71.3 Å². The number of hydrogen-bond donors (Lipinski definition) is 2. The molecule has 162 valence electrons. The van der Waals surface area contributed by atoms with Gasteiger partial charge in [0, 0.05) is 0 Å². The molecular formula is C23H32N3O3S+. The van der Waals surface area contributed by atoms with Gasteiger partial charge < -0.3 is 10.2 Å². The maximum Gasteiger partial charge on any atom is 0.275 e. The smallest absolute Gasteiger partial charge is 0.275 e. The van der Waals surface area contributed by atoms with Gasteiger partial charge in [-0.3, -0.25) is 4.79 Å². The van der Waals surface area contributed by atoms with E-state index in [9.17, 15) is 13.2 Å². The van der Waals surface area contributed by atoms with Gasteiger partial charge in [0.2, 0.25) is 10.0 Å². The van der Waals surface area contributed by atoms with Crippen LogP contribution in [0.3, 0.4) is 0 Å². The summed E-state index contributed by atoms with van der Waals surface area (Å²) in [5, 5.41) is 3.06. The van der Waals surface area contributed by atoms with Crippen LogP contribution in [0.2, 0.25) is 0 Å². The van der Waals surface area contributed by atoms with Crippen LogP contribution in [0.4, 0.5) is 0 Å². The maximum atomic E-state index is 12.7. The Morgan fingerprint density at radius 2 is 1.67 bits per heavy atom. The first-order chi connectivity index (χ1) is 14.4. The Morgan fingerprint density at radius 1 is 1.03 bits per heavy atom. The fourth-order valence-electron chi connectivity index (χ4n) is 3.78. The summed E-state index contributed by atoms with van der Waals surface area (Å²) in [5.74, 6) is 0.0236. The van der Waals surface area contributed by atoms with Crippen molar-refractivity contribution < 1.29 is 18.1 Å². The normalized spacial score (nSPS) is 16.9. The Labute approximate surface area is 179 Å². The second-order valence-corrected chi connectivity index (χ2v) is 9.92. The van der Waals surface area contributed by atoms with E-state index in [0.29, 0.717) is 32.7 Å². The molecule has 7 heteroatoms. The zero-order valence-electron chi connectivity index (χ0n) is 17.8. The summed E-state index contributed by atoms with van der Waals surface area (Å²) in [6.07, 6.45) is 0.997. The lowest BCUT2D eigenvalue weighted by molar-refractivity contribution is -0.895. The lowest BCUT2D eigenvalue weighted by atomic mass is 10.1. The summed E-state index contributed by atoms with van der Waals surface area (Å²) in [5.41, 5.74) is 3.17. The van der Waals surface area contributed by atoms with Gasteiger partial charge in [0.25, 0.3) is 5.91 Å². The van der Waals surface area contributed by atoms with Gasteiger partial charge in [-0.25, -0.2) is 8.42 Å². The molecule has 0 radical (unpaired) electrons. The SMILES string of the molecule is CCc1ccc([C@H](C)NC(=O)C[NH+]2CCN(S(=O)(=O)Cc3ccccc3)CC2)cc1. The highest BCUT2D eigenvalue weighted by Crippen LogP contribution is 2.14. The number of rotatable bonds is 8. The number of amides is 1. The van der Waals surface area contributed by atoms with Gasteiger partial charge >= 0.3 is 0 Å². The second kappa shape index (κ2) is 10.2. The van der Waals surface area contributed by atoms with Gasteiger partial charge in [0.15, 0.2) is 6.54 Å². The summed E-state index contributed by atoms with van der Waals surface area (Å²) in [6, 6.07) is 17.5. The van der Waals surface area contributed by atoms with Crippen LogP contribution in [-0.2, 0) is 27.0 Å². The van der Waals surface area contributed by atoms with E-state index < -0.39 is 10.0 Å². The van der Waals surface area contributed by atoms with Gasteiger partial charge in [-0.05, 0) is 30.0 Å².